The van der Waals surface area contributed by atoms with E-state index in [1.165, 1.54) is 6.07 Å². The number of hydrogen-bond acceptors (Lipinski definition) is 3. The number of benzene rings is 1. The van der Waals surface area contributed by atoms with E-state index in [2.05, 4.69) is 6.58 Å². The fourth-order valence-corrected chi connectivity index (χ4v) is 1.69. The number of carbonyl (C=O) groups excluding carboxylic acids is 2. The van der Waals surface area contributed by atoms with Crippen molar-refractivity contribution in [3.8, 4) is 0 Å². The zero-order chi connectivity index (χ0) is 13.4. The molecular weight excluding hydrogens is 241 g/mol. The van der Waals surface area contributed by atoms with Crippen LogP contribution >= 0.6 is 0 Å². The molecular formula is C12H8FNO4. The van der Waals surface area contributed by atoms with Gasteiger partial charge in [0.05, 0.1) is 17.8 Å². The summed E-state index contributed by atoms with van der Waals surface area (Å²) in [6.07, 6.45) is 0. The summed E-state index contributed by atoms with van der Waals surface area (Å²) in [4.78, 5) is 34.9. The molecule has 0 radical (unpaired) electrons. The number of hydrogen-bond donors (Lipinski definition) is 1. The maximum absolute atomic E-state index is 13.0. The lowest BCUT2D eigenvalue weighted by molar-refractivity contribution is -0.132. The van der Waals surface area contributed by atoms with Crippen LogP contribution < -0.4 is 4.90 Å². The number of ketones is 1. The van der Waals surface area contributed by atoms with Gasteiger partial charge in [0.15, 0.2) is 0 Å². The molecule has 1 amide bonds. The third kappa shape index (κ3) is 1.77. The van der Waals surface area contributed by atoms with Crippen molar-refractivity contribution in [3.63, 3.8) is 0 Å². The van der Waals surface area contributed by atoms with Gasteiger partial charge in [0.25, 0.3) is 11.7 Å². The summed E-state index contributed by atoms with van der Waals surface area (Å²) in [6.45, 7) is 2.98. The zero-order valence-corrected chi connectivity index (χ0v) is 9.14. The van der Waals surface area contributed by atoms with E-state index >= 15 is 0 Å². The van der Waals surface area contributed by atoms with E-state index < -0.39 is 23.5 Å². The molecule has 1 N–H and O–H groups in total. The fourth-order valence-electron chi connectivity index (χ4n) is 1.69. The van der Waals surface area contributed by atoms with Crippen molar-refractivity contribution in [2.45, 2.75) is 0 Å². The number of rotatable bonds is 3. The Bertz CT molecular complexity index is 594. The zero-order valence-electron chi connectivity index (χ0n) is 9.14. The summed E-state index contributed by atoms with van der Waals surface area (Å²) >= 11 is 0. The monoisotopic (exact) mass is 249 g/mol. The first-order chi connectivity index (χ1) is 8.41. The highest BCUT2D eigenvalue weighted by Crippen LogP contribution is 2.29. The number of nitrogens with zero attached hydrogens (tertiary/aromatic N) is 1. The summed E-state index contributed by atoms with van der Waals surface area (Å²) in [5, 5.41) is 8.70. The Kier molecular flexibility index (Phi) is 2.70. The highest BCUT2D eigenvalue weighted by atomic mass is 19.1. The molecule has 0 saturated carbocycles. The second-order valence-electron chi connectivity index (χ2n) is 3.79. The highest BCUT2D eigenvalue weighted by molar-refractivity contribution is 6.52. The first-order valence-electron chi connectivity index (χ1n) is 4.98. The van der Waals surface area contributed by atoms with E-state index in [0.29, 0.717) is 0 Å². The number of Topliss-reactive ketones (excluding diaryl/α,β-unsaturated/α-hetero) is 1. The van der Waals surface area contributed by atoms with Crippen LogP contribution in [0, 0.1) is 5.82 Å². The number of carboxylic acids is 1. The number of halogens is 1. The Morgan fingerprint density at radius 2 is 2.06 bits per heavy atom. The molecule has 0 aliphatic carbocycles. The predicted molar refractivity (Wildman–Crippen MR) is 59.9 cm³/mol. The van der Waals surface area contributed by atoms with E-state index in [-0.39, 0.29) is 23.4 Å². The molecule has 1 aliphatic rings. The summed E-state index contributed by atoms with van der Waals surface area (Å²) in [5.41, 5.74) is -0.0830. The van der Waals surface area contributed by atoms with E-state index in [0.717, 1.165) is 17.0 Å². The molecule has 1 aromatic rings. The Balaban J connectivity index is 2.40. The molecule has 18 heavy (non-hydrogen) atoms. The molecule has 0 spiro atoms. The molecule has 0 aromatic heterocycles. The smallest absolute Gasteiger partial charge is 0.332 e. The van der Waals surface area contributed by atoms with Gasteiger partial charge in [0.2, 0.25) is 0 Å². The predicted octanol–water partition coefficient (Wildman–Crippen LogP) is 0.996. The number of anilines is 1. The van der Waals surface area contributed by atoms with Gasteiger partial charge in [-0.2, -0.15) is 0 Å². The van der Waals surface area contributed by atoms with Gasteiger partial charge in [-0.3, -0.25) is 9.59 Å². The summed E-state index contributed by atoms with van der Waals surface area (Å²) < 4.78 is 13.0. The van der Waals surface area contributed by atoms with E-state index in [4.69, 9.17) is 5.11 Å². The minimum absolute atomic E-state index is 0.0572. The third-order valence-electron chi connectivity index (χ3n) is 2.58. The van der Waals surface area contributed by atoms with Crippen LogP contribution in [0.25, 0.3) is 0 Å². The second kappa shape index (κ2) is 4.06. The third-order valence-corrected chi connectivity index (χ3v) is 2.58. The van der Waals surface area contributed by atoms with Crippen LogP contribution in [0.3, 0.4) is 0 Å². The second-order valence-corrected chi connectivity index (χ2v) is 3.79. The van der Waals surface area contributed by atoms with Crippen molar-refractivity contribution in [2.75, 3.05) is 11.4 Å². The summed E-state index contributed by atoms with van der Waals surface area (Å²) in [5.74, 6) is -3.61. The van der Waals surface area contributed by atoms with Crippen molar-refractivity contribution < 1.29 is 23.9 Å². The van der Waals surface area contributed by atoms with E-state index in [1.54, 1.807) is 0 Å². The summed E-state index contributed by atoms with van der Waals surface area (Å²) in [6, 6.07) is 3.32. The average molecular weight is 249 g/mol. The van der Waals surface area contributed by atoms with Crippen molar-refractivity contribution in [1.29, 1.82) is 0 Å². The number of aliphatic carboxylic acids is 1. The van der Waals surface area contributed by atoms with Gasteiger partial charge in [0, 0.05) is 5.57 Å². The Morgan fingerprint density at radius 1 is 1.39 bits per heavy atom. The maximum Gasteiger partial charge on any atom is 0.332 e. The normalized spacial score (nSPS) is 13.7. The van der Waals surface area contributed by atoms with Gasteiger partial charge in [-0.25, -0.2) is 9.18 Å². The number of amides is 1. The molecule has 5 nitrogen and oxygen atoms in total. The molecule has 1 aromatic carbocycles. The molecule has 0 fully saturated rings. The number of carbonyl (C=O) groups is 3. The van der Waals surface area contributed by atoms with Crippen LogP contribution in [0.15, 0.2) is 30.4 Å². The Hall–Kier alpha value is -2.50. The van der Waals surface area contributed by atoms with Crippen LogP contribution in [0.2, 0.25) is 0 Å². The lowest BCUT2D eigenvalue weighted by Gasteiger charge is -2.15. The number of carboxylic acid groups (broad SMARTS) is 1. The molecule has 1 heterocycles. The molecule has 0 atom stereocenters. The van der Waals surface area contributed by atoms with Gasteiger partial charge in [0.1, 0.15) is 5.82 Å². The standard InChI is InChI=1S/C12H8FNO4/c1-6(12(17)18)5-14-9-3-2-7(13)4-8(9)10(15)11(14)16/h2-4H,1,5H2,(H,17,18). The van der Waals surface area contributed by atoms with E-state index in [9.17, 15) is 18.8 Å². The van der Waals surface area contributed by atoms with Crippen LogP contribution in [0.4, 0.5) is 10.1 Å². The molecule has 6 heteroatoms. The molecule has 92 valence electrons. The van der Waals surface area contributed by atoms with Crippen LogP contribution in [-0.4, -0.2) is 29.3 Å². The first kappa shape index (κ1) is 12.0. The van der Waals surface area contributed by atoms with Crippen molar-refractivity contribution in [2.24, 2.45) is 0 Å². The lowest BCUT2D eigenvalue weighted by atomic mass is 10.1. The molecule has 1 aliphatic heterocycles. The van der Waals surface area contributed by atoms with Crippen LogP contribution in [-0.2, 0) is 9.59 Å². The summed E-state index contributed by atoms with van der Waals surface area (Å²) in [7, 11) is 0. The minimum atomic E-state index is -1.26. The molecule has 0 unspecified atom stereocenters. The number of fused-ring (bicyclic) bond motifs is 1. The highest BCUT2D eigenvalue weighted by Gasteiger charge is 2.36. The van der Waals surface area contributed by atoms with E-state index in [1.807, 2.05) is 0 Å². The molecule has 0 saturated heterocycles. The van der Waals surface area contributed by atoms with Crippen molar-refractivity contribution >= 4 is 23.3 Å². The maximum atomic E-state index is 13.0. The van der Waals surface area contributed by atoms with Gasteiger partial charge >= 0.3 is 5.97 Å². The Morgan fingerprint density at radius 3 is 2.67 bits per heavy atom. The largest absolute Gasteiger partial charge is 0.478 e. The van der Waals surface area contributed by atoms with Crippen LogP contribution in [0.5, 0.6) is 0 Å². The first-order valence-corrected chi connectivity index (χ1v) is 4.98. The minimum Gasteiger partial charge on any atom is -0.478 e. The Labute approximate surface area is 101 Å². The van der Waals surface area contributed by atoms with Crippen molar-refractivity contribution in [3.05, 3.63) is 41.7 Å². The topological polar surface area (TPSA) is 74.7 Å². The molecule has 2 rings (SSSR count). The van der Waals surface area contributed by atoms with Gasteiger partial charge < -0.3 is 10.0 Å². The lowest BCUT2D eigenvalue weighted by Crippen LogP contribution is -2.32. The van der Waals surface area contributed by atoms with Gasteiger partial charge in [-0.1, -0.05) is 6.58 Å². The van der Waals surface area contributed by atoms with Crippen molar-refractivity contribution in [1.82, 2.24) is 0 Å². The molecule has 0 bridgehead atoms. The fraction of sp³-hybridized carbons (Fsp3) is 0.0833. The SMILES string of the molecule is C=C(CN1C(=O)C(=O)c2cc(F)ccc21)C(=O)O. The quantitative estimate of drug-likeness (QED) is 0.640. The average Bonchev–Trinajstić information content (AvgIpc) is 2.54. The van der Waals surface area contributed by atoms with Crippen LogP contribution in [0.1, 0.15) is 10.4 Å². The van der Waals surface area contributed by atoms with Gasteiger partial charge in [-0.05, 0) is 18.2 Å². The van der Waals surface area contributed by atoms with Gasteiger partial charge in [-0.15, -0.1) is 0 Å².